The second-order valence-electron chi connectivity index (χ2n) is 6.18. The molecular formula is C17H26N2O2. The zero-order valence-electron chi connectivity index (χ0n) is 12.9. The maximum Gasteiger partial charge on any atom is 0.119 e. The largest absolute Gasteiger partial charge is 0.491 e. The van der Waals surface area contributed by atoms with Crippen molar-refractivity contribution >= 4 is 0 Å². The molecule has 1 N–H and O–H groups in total. The van der Waals surface area contributed by atoms with Crippen LogP contribution in [-0.2, 0) is 11.3 Å². The van der Waals surface area contributed by atoms with Crippen LogP contribution in [-0.4, -0.2) is 49.9 Å². The smallest absolute Gasteiger partial charge is 0.119 e. The zero-order valence-corrected chi connectivity index (χ0v) is 12.9. The number of nitrogens with one attached hydrogen (secondary N) is 1. The number of ether oxygens (including phenoxy) is 2. The van der Waals surface area contributed by atoms with Crippen molar-refractivity contribution < 1.29 is 9.47 Å². The summed E-state index contributed by atoms with van der Waals surface area (Å²) in [6, 6.07) is 9.11. The van der Waals surface area contributed by atoms with E-state index in [1.54, 1.807) is 0 Å². The maximum absolute atomic E-state index is 5.80. The average Bonchev–Trinajstić information content (AvgIpc) is 3.00. The van der Waals surface area contributed by atoms with Crippen LogP contribution < -0.4 is 10.1 Å². The van der Waals surface area contributed by atoms with E-state index in [-0.39, 0.29) is 6.10 Å². The lowest BCUT2D eigenvalue weighted by molar-refractivity contribution is 0.0679. The van der Waals surface area contributed by atoms with Gasteiger partial charge in [0.05, 0.1) is 6.10 Å². The third-order valence-corrected chi connectivity index (χ3v) is 4.24. The molecule has 0 aliphatic carbocycles. The molecule has 4 heteroatoms. The van der Waals surface area contributed by atoms with Crippen molar-refractivity contribution in [2.24, 2.45) is 0 Å². The fourth-order valence-electron chi connectivity index (χ4n) is 3.07. The van der Waals surface area contributed by atoms with Crippen LogP contribution in [0.2, 0.25) is 0 Å². The van der Waals surface area contributed by atoms with Crippen molar-refractivity contribution in [3.05, 3.63) is 29.8 Å². The Morgan fingerprint density at radius 3 is 2.90 bits per heavy atom. The molecule has 1 aromatic carbocycles. The Balaban J connectivity index is 1.46. The normalized spacial score (nSPS) is 26.9. The van der Waals surface area contributed by atoms with Gasteiger partial charge >= 0.3 is 0 Å². The summed E-state index contributed by atoms with van der Waals surface area (Å²) < 4.78 is 11.4. The molecule has 2 aliphatic rings. The Morgan fingerprint density at radius 2 is 2.19 bits per heavy atom. The van der Waals surface area contributed by atoms with Crippen LogP contribution in [0.1, 0.15) is 25.3 Å². The second kappa shape index (κ2) is 7.25. The quantitative estimate of drug-likeness (QED) is 0.900. The molecule has 0 spiro atoms. The molecule has 2 atom stereocenters. The van der Waals surface area contributed by atoms with Crippen molar-refractivity contribution in [2.75, 3.05) is 32.8 Å². The van der Waals surface area contributed by atoms with Crippen LogP contribution in [0.5, 0.6) is 5.75 Å². The second-order valence-corrected chi connectivity index (χ2v) is 6.18. The van der Waals surface area contributed by atoms with Crippen molar-refractivity contribution in [3.8, 4) is 5.75 Å². The predicted molar refractivity (Wildman–Crippen MR) is 83.7 cm³/mol. The minimum absolute atomic E-state index is 0.284. The van der Waals surface area contributed by atoms with E-state index in [0.29, 0.717) is 12.6 Å². The first-order valence-corrected chi connectivity index (χ1v) is 8.09. The summed E-state index contributed by atoms with van der Waals surface area (Å²) in [4.78, 5) is 2.50. The molecule has 1 unspecified atom stereocenters. The number of piperazine rings is 1. The Bertz CT molecular complexity index is 429. The van der Waals surface area contributed by atoms with Crippen molar-refractivity contribution in [3.63, 3.8) is 0 Å². The van der Waals surface area contributed by atoms with Crippen LogP contribution in [0.25, 0.3) is 0 Å². The Kier molecular flexibility index (Phi) is 5.12. The minimum atomic E-state index is 0.284. The molecule has 0 saturated carbocycles. The van der Waals surface area contributed by atoms with Gasteiger partial charge in [0.1, 0.15) is 12.4 Å². The average molecular weight is 290 g/mol. The number of hydrogen-bond donors (Lipinski definition) is 1. The van der Waals surface area contributed by atoms with Gasteiger partial charge in [-0.2, -0.15) is 0 Å². The Morgan fingerprint density at radius 1 is 1.33 bits per heavy atom. The number of nitrogens with zero attached hydrogens (tertiary/aromatic N) is 1. The number of hydrogen-bond acceptors (Lipinski definition) is 4. The molecule has 0 radical (unpaired) electrons. The maximum atomic E-state index is 5.80. The van der Waals surface area contributed by atoms with E-state index in [9.17, 15) is 0 Å². The number of benzene rings is 1. The molecular weight excluding hydrogens is 264 g/mol. The predicted octanol–water partition coefficient (Wildman–Crippen LogP) is 2.04. The third kappa shape index (κ3) is 4.43. The van der Waals surface area contributed by atoms with Crippen molar-refractivity contribution in [2.45, 2.75) is 38.5 Å². The summed E-state index contributed by atoms with van der Waals surface area (Å²) in [5, 5.41) is 3.48. The molecule has 2 fully saturated rings. The van der Waals surface area contributed by atoms with E-state index in [4.69, 9.17) is 9.47 Å². The van der Waals surface area contributed by atoms with Gasteiger partial charge in [-0.05, 0) is 37.5 Å². The lowest BCUT2D eigenvalue weighted by atomic mass is 10.1. The van der Waals surface area contributed by atoms with Crippen molar-refractivity contribution in [1.29, 1.82) is 0 Å². The topological polar surface area (TPSA) is 33.7 Å². The van der Waals surface area contributed by atoms with Gasteiger partial charge in [-0.15, -0.1) is 0 Å². The Hall–Kier alpha value is -1.10. The van der Waals surface area contributed by atoms with Gasteiger partial charge in [0, 0.05) is 38.8 Å². The van der Waals surface area contributed by atoms with Crippen molar-refractivity contribution in [1.82, 2.24) is 10.2 Å². The standard InChI is InChI=1S/C17H26N2O2/c1-14-11-19(9-8-18-14)12-15-4-6-16(7-5-15)21-13-17-3-2-10-20-17/h4-7,14,17-18H,2-3,8-13H2,1H3/t14-,17?/m1/s1. The van der Waals surface area contributed by atoms with Gasteiger partial charge in [-0.1, -0.05) is 12.1 Å². The monoisotopic (exact) mass is 290 g/mol. The van der Waals surface area contributed by atoms with Crippen LogP contribution >= 0.6 is 0 Å². The highest BCUT2D eigenvalue weighted by molar-refractivity contribution is 5.27. The lowest BCUT2D eigenvalue weighted by Crippen LogP contribution is -2.48. The first-order chi connectivity index (χ1) is 10.3. The molecule has 0 aromatic heterocycles. The minimum Gasteiger partial charge on any atom is -0.491 e. The summed E-state index contributed by atoms with van der Waals surface area (Å²) in [6.45, 7) is 8.17. The van der Waals surface area contributed by atoms with E-state index in [0.717, 1.165) is 51.4 Å². The summed E-state index contributed by atoms with van der Waals surface area (Å²) in [7, 11) is 0. The van der Waals surface area contributed by atoms with Gasteiger partial charge in [-0.3, -0.25) is 4.90 Å². The first-order valence-electron chi connectivity index (χ1n) is 8.09. The first kappa shape index (κ1) is 14.8. The number of rotatable bonds is 5. The summed E-state index contributed by atoms with van der Waals surface area (Å²) in [6.07, 6.45) is 2.57. The van der Waals surface area contributed by atoms with Crippen LogP contribution in [0.3, 0.4) is 0 Å². The molecule has 2 aliphatic heterocycles. The fourth-order valence-corrected chi connectivity index (χ4v) is 3.07. The fraction of sp³-hybridized carbons (Fsp3) is 0.647. The van der Waals surface area contributed by atoms with Crippen LogP contribution in [0, 0.1) is 0 Å². The highest BCUT2D eigenvalue weighted by Gasteiger charge is 2.17. The van der Waals surface area contributed by atoms with E-state index in [1.165, 1.54) is 5.56 Å². The van der Waals surface area contributed by atoms with Crippen LogP contribution in [0.4, 0.5) is 0 Å². The lowest BCUT2D eigenvalue weighted by Gasteiger charge is -2.31. The van der Waals surface area contributed by atoms with E-state index >= 15 is 0 Å². The van der Waals surface area contributed by atoms with Gasteiger partial charge < -0.3 is 14.8 Å². The van der Waals surface area contributed by atoms with Gasteiger partial charge in [0.15, 0.2) is 0 Å². The highest BCUT2D eigenvalue weighted by atomic mass is 16.5. The Labute approximate surface area is 127 Å². The van der Waals surface area contributed by atoms with E-state index < -0.39 is 0 Å². The molecule has 21 heavy (non-hydrogen) atoms. The highest BCUT2D eigenvalue weighted by Crippen LogP contribution is 2.17. The molecule has 0 amide bonds. The van der Waals surface area contributed by atoms with Crippen LogP contribution in [0.15, 0.2) is 24.3 Å². The zero-order chi connectivity index (χ0) is 14.5. The summed E-state index contributed by atoms with van der Waals surface area (Å²) in [5.74, 6) is 0.947. The summed E-state index contributed by atoms with van der Waals surface area (Å²) >= 11 is 0. The van der Waals surface area contributed by atoms with E-state index in [1.807, 2.05) is 0 Å². The molecule has 3 rings (SSSR count). The van der Waals surface area contributed by atoms with Gasteiger partial charge in [-0.25, -0.2) is 0 Å². The molecule has 0 bridgehead atoms. The molecule has 1 aromatic rings. The third-order valence-electron chi connectivity index (χ3n) is 4.24. The van der Waals surface area contributed by atoms with Gasteiger partial charge in [0.2, 0.25) is 0 Å². The SMILES string of the molecule is C[C@@H]1CN(Cc2ccc(OCC3CCCO3)cc2)CCN1. The molecule has 4 nitrogen and oxygen atoms in total. The van der Waals surface area contributed by atoms with E-state index in [2.05, 4.69) is 41.4 Å². The summed E-state index contributed by atoms with van der Waals surface area (Å²) in [5.41, 5.74) is 1.36. The molecule has 2 saturated heterocycles. The molecule has 116 valence electrons. The molecule has 2 heterocycles. The van der Waals surface area contributed by atoms with Gasteiger partial charge in [0.25, 0.3) is 0 Å².